The number of esters is 1. The number of rotatable bonds is 6. The van der Waals surface area contributed by atoms with Crippen LogP contribution < -0.4 is 5.32 Å². The van der Waals surface area contributed by atoms with Crippen molar-refractivity contribution in [2.24, 2.45) is 5.92 Å². The first-order chi connectivity index (χ1) is 7.70. The van der Waals surface area contributed by atoms with E-state index >= 15 is 0 Å². The fourth-order valence-electron chi connectivity index (χ4n) is 1.67. The predicted octanol–water partition coefficient (Wildman–Crippen LogP) is 1.34. The van der Waals surface area contributed by atoms with E-state index in [1.807, 2.05) is 0 Å². The molecule has 16 heavy (non-hydrogen) atoms. The van der Waals surface area contributed by atoms with Crippen LogP contribution in [0.2, 0.25) is 0 Å². The minimum absolute atomic E-state index is 0.0983. The van der Waals surface area contributed by atoms with Crippen molar-refractivity contribution in [3.8, 4) is 0 Å². The van der Waals surface area contributed by atoms with E-state index in [-0.39, 0.29) is 12.0 Å². The number of nitrogens with one attached hydrogen (secondary N) is 1. The van der Waals surface area contributed by atoms with Crippen LogP contribution in [0.15, 0.2) is 0 Å². The van der Waals surface area contributed by atoms with Gasteiger partial charge >= 0.3 is 5.97 Å². The van der Waals surface area contributed by atoms with E-state index in [4.69, 9.17) is 9.47 Å². The number of carbonyl (C=O) groups excluding carboxylic acids is 1. The number of ether oxygens (including phenoxy) is 2. The molecule has 0 aromatic carbocycles. The Labute approximate surface area is 97.7 Å². The maximum absolute atomic E-state index is 11.6. The van der Waals surface area contributed by atoms with Crippen LogP contribution in [-0.4, -0.2) is 38.4 Å². The molecule has 1 aliphatic rings. The van der Waals surface area contributed by atoms with Crippen molar-refractivity contribution in [2.45, 2.75) is 39.2 Å². The largest absolute Gasteiger partial charge is 0.462 e. The summed E-state index contributed by atoms with van der Waals surface area (Å²) in [5.74, 6) is 0.392. The summed E-state index contributed by atoms with van der Waals surface area (Å²) in [5, 5.41) is 3.16. The lowest BCUT2D eigenvalue weighted by Gasteiger charge is -2.21. The molecule has 1 aliphatic heterocycles. The molecule has 0 radical (unpaired) electrons. The summed E-state index contributed by atoms with van der Waals surface area (Å²) in [6, 6.07) is -0.0983. The van der Waals surface area contributed by atoms with Gasteiger partial charge in [0.25, 0.3) is 0 Å². The van der Waals surface area contributed by atoms with Crippen LogP contribution in [0.3, 0.4) is 0 Å². The van der Waals surface area contributed by atoms with E-state index in [2.05, 4.69) is 19.2 Å². The van der Waals surface area contributed by atoms with E-state index in [1.54, 1.807) is 0 Å². The average molecular weight is 229 g/mol. The van der Waals surface area contributed by atoms with Crippen LogP contribution in [0.5, 0.6) is 0 Å². The zero-order valence-electron chi connectivity index (χ0n) is 10.3. The van der Waals surface area contributed by atoms with Gasteiger partial charge in [0.2, 0.25) is 0 Å². The third kappa shape index (κ3) is 5.47. The number of hydrogen-bond donors (Lipinski definition) is 1. The molecule has 0 spiro atoms. The van der Waals surface area contributed by atoms with E-state index in [0.29, 0.717) is 19.1 Å². The van der Waals surface area contributed by atoms with E-state index < -0.39 is 0 Å². The maximum Gasteiger partial charge on any atom is 0.323 e. The van der Waals surface area contributed by atoms with E-state index in [1.165, 1.54) is 0 Å². The van der Waals surface area contributed by atoms with Crippen LogP contribution in [0.1, 0.15) is 33.1 Å². The highest BCUT2D eigenvalue weighted by atomic mass is 16.6. The minimum atomic E-state index is -0.132. The van der Waals surface area contributed by atoms with E-state index in [0.717, 1.165) is 32.4 Å². The number of piperidine rings is 1. The summed E-state index contributed by atoms with van der Waals surface area (Å²) in [4.78, 5) is 11.6. The summed E-state index contributed by atoms with van der Waals surface area (Å²) in [5.41, 5.74) is 0. The van der Waals surface area contributed by atoms with Gasteiger partial charge in [0, 0.05) is 6.61 Å². The summed E-state index contributed by atoms with van der Waals surface area (Å²) < 4.78 is 10.5. The third-order valence-corrected chi connectivity index (χ3v) is 2.52. The second kappa shape index (κ2) is 7.63. The summed E-state index contributed by atoms with van der Waals surface area (Å²) in [7, 11) is 0. The van der Waals surface area contributed by atoms with Gasteiger partial charge in [-0.3, -0.25) is 4.79 Å². The van der Waals surface area contributed by atoms with Gasteiger partial charge < -0.3 is 14.8 Å². The maximum atomic E-state index is 11.6. The Hall–Kier alpha value is -0.610. The molecular weight excluding hydrogens is 206 g/mol. The summed E-state index contributed by atoms with van der Waals surface area (Å²) >= 11 is 0. The molecule has 0 aliphatic carbocycles. The highest BCUT2D eigenvalue weighted by molar-refractivity contribution is 5.75. The van der Waals surface area contributed by atoms with Gasteiger partial charge in [0.1, 0.15) is 12.6 Å². The lowest BCUT2D eigenvalue weighted by atomic mass is 10.1. The Morgan fingerprint density at radius 3 is 2.81 bits per heavy atom. The molecule has 4 heteroatoms. The first-order valence-corrected chi connectivity index (χ1v) is 6.18. The molecule has 1 N–H and O–H groups in total. The molecule has 0 saturated carbocycles. The first-order valence-electron chi connectivity index (χ1n) is 6.18. The molecule has 0 aromatic rings. The Morgan fingerprint density at radius 1 is 1.38 bits per heavy atom. The quantitative estimate of drug-likeness (QED) is 0.551. The van der Waals surface area contributed by atoms with Gasteiger partial charge in [-0.25, -0.2) is 0 Å². The fraction of sp³-hybridized carbons (Fsp3) is 0.917. The molecular formula is C12H23NO3. The average Bonchev–Trinajstić information content (AvgIpc) is 2.29. The van der Waals surface area contributed by atoms with Crippen LogP contribution in [0.4, 0.5) is 0 Å². The van der Waals surface area contributed by atoms with Gasteiger partial charge in [-0.1, -0.05) is 20.3 Å². The SMILES string of the molecule is CC(C)COCCOC(=O)[C@@H]1CCCCN1. The van der Waals surface area contributed by atoms with Crippen LogP contribution in [0, 0.1) is 5.92 Å². The van der Waals surface area contributed by atoms with Crippen molar-refractivity contribution < 1.29 is 14.3 Å². The van der Waals surface area contributed by atoms with Crippen molar-refractivity contribution >= 4 is 5.97 Å². The Balaban J connectivity index is 2.01. The first kappa shape index (κ1) is 13.5. The molecule has 1 atom stereocenters. The molecule has 94 valence electrons. The minimum Gasteiger partial charge on any atom is -0.462 e. The normalized spacial score (nSPS) is 21.1. The summed E-state index contributed by atoms with van der Waals surface area (Å²) in [6.45, 7) is 6.69. The molecule has 1 saturated heterocycles. The fourth-order valence-corrected chi connectivity index (χ4v) is 1.67. The van der Waals surface area contributed by atoms with Gasteiger partial charge in [-0.15, -0.1) is 0 Å². The van der Waals surface area contributed by atoms with Gasteiger partial charge in [-0.2, -0.15) is 0 Å². The molecule has 4 nitrogen and oxygen atoms in total. The van der Waals surface area contributed by atoms with Gasteiger partial charge in [0.05, 0.1) is 6.61 Å². The molecule has 1 heterocycles. The molecule has 1 fully saturated rings. The second-order valence-corrected chi connectivity index (χ2v) is 4.64. The highest BCUT2D eigenvalue weighted by Gasteiger charge is 2.21. The second-order valence-electron chi connectivity index (χ2n) is 4.64. The Kier molecular flexibility index (Phi) is 6.42. The predicted molar refractivity (Wildman–Crippen MR) is 62.3 cm³/mol. The zero-order chi connectivity index (χ0) is 11.8. The Bertz CT molecular complexity index is 200. The monoisotopic (exact) mass is 229 g/mol. The lowest BCUT2D eigenvalue weighted by Crippen LogP contribution is -2.41. The molecule has 0 unspecified atom stereocenters. The summed E-state index contributed by atoms with van der Waals surface area (Å²) in [6.07, 6.45) is 3.16. The van der Waals surface area contributed by atoms with Crippen molar-refractivity contribution in [2.75, 3.05) is 26.4 Å². The third-order valence-electron chi connectivity index (χ3n) is 2.52. The number of carbonyl (C=O) groups is 1. The molecule has 1 rings (SSSR count). The standard InChI is InChI=1S/C12H23NO3/c1-10(2)9-15-7-8-16-12(14)11-5-3-4-6-13-11/h10-11,13H,3-9H2,1-2H3/t11-/m0/s1. The zero-order valence-corrected chi connectivity index (χ0v) is 10.3. The lowest BCUT2D eigenvalue weighted by molar-refractivity contribution is -0.148. The van der Waals surface area contributed by atoms with Crippen molar-refractivity contribution in [3.05, 3.63) is 0 Å². The molecule has 0 aromatic heterocycles. The molecule has 0 bridgehead atoms. The van der Waals surface area contributed by atoms with Gasteiger partial charge in [0.15, 0.2) is 0 Å². The smallest absolute Gasteiger partial charge is 0.323 e. The number of hydrogen-bond acceptors (Lipinski definition) is 4. The van der Waals surface area contributed by atoms with Crippen LogP contribution in [-0.2, 0) is 14.3 Å². The van der Waals surface area contributed by atoms with Crippen molar-refractivity contribution in [1.29, 1.82) is 0 Å². The van der Waals surface area contributed by atoms with E-state index in [9.17, 15) is 4.79 Å². The van der Waals surface area contributed by atoms with Crippen LogP contribution in [0.25, 0.3) is 0 Å². The highest BCUT2D eigenvalue weighted by Crippen LogP contribution is 2.08. The van der Waals surface area contributed by atoms with Crippen molar-refractivity contribution in [1.82, 2.24) is 5.32 Å². The Morgan fingerprint density at radius 2 is 2.19 bits per heavy atom. The van der Waals surface area contributed by atoms with Crippen molar-refractivity contribution in [3.63, 3.8) is 0 Å². The van der Waals surface area contributed by atoms with Crippen LogP contribution >= 0.6 is 0 Å². The van der Waals surface area contributed by atoms with Gasteiger partial charge in [-0.05, 0) is 25.3 Å². The molecule has 0 amide bonds. The topological polar surface area (TPSA) is 47.6 Å².